The van der Waals surface area contributed by atoms with Crippen LogP contribution in [0.15, 0.2) is 29.8 Å². The summed E-state index contributed by atoms with van der Waals surface area (Å²) in [6.07, 6.45) is -1.46. The van der Waals surface area contributed by atoms with Gasteiger partial charge in [-0.15, -0.1) is 11.3 Å². The molecule has 1 aromatic heterocycles. The Morgan fingerprint density at radius 1 is 1.12 bits per heavy atom. The number of amides is 4. The van der Waals surface area contributed by atoms with Gasteiger partial charge in [-0.1, -0.05) is 45.0 Å². The second-order valence-electron chi connectivity index (χ2n) is 13.2. The van der Waals surface area contributed by atoms with Crippen molar-refractivity contribution in [1.29, 1.82) is 0 Å². The molecule has 0 unspecified atom stereocenters. The zero-order valence-corrected chi connectivity index (χ0v) is 27.4. The van der Waals surface area contributed by atoms with E-state index in [1.54, 1.807) is 52.9 Å². The number of nitrogens with one attached hydrogen (secondary N) is 2. The van der Waals surface area contributed by atoms with Gasteiger partial charge in [0.25, 0.3) is 0 Å². The normalized spacial score (nSPS) is 18.5. The van der Waals surface area contributed by atoms with Crippen LogP contribution in [0.1, 0.15) is 72.2 Å². The first-order valence-electron chi connectivity index (χ1n) is 14.4. The quantitative estimate of drug-likeness (QED) is 0.412. The Bertz CT molecular complexity index is 1310. The topological polar surface area (TPSA) is 141 Å². The highest BCUT2D eigenvalue weighted by molar-refractivity contribution is 7.13. The number of aliphatic hydroxyl groups is 1. The molecular weight excluding hydrogens is 570 g/mol. The van der Waals surface area contributed by atoms with Crippen LogP contribution in [0, 0.1) is 12.3 Å². The zero-order valence-electron chi connectivity index (χ0n) is 26.6. The minimum Gasteiger partial charge on any atom is -0.444 e. The van der Waals surface area contributed by atoms with E-state index in [9.17, 15) is 24.3 Å². The molecule has 4 atom stereocenters. The summed E-state index contributed by atoms with van der Waals surface area (Å²) < 4.78 is 5.30. The lowest BCUT2D eigenvalue weighted by Gasteiger charge is -2.36. The molecule has 2 aromatic rings. The summed E-state index contributed by atoms with van der Waals surface area (Å²) >= 11 is 1.57. The second kappa shape index (κ2) is 13.4. The minimum atomic E-state index is -1.01. The van der Waals surface area contributed by atoms with Crippen LogP contribution in [-0.2, 0) is 19.1 Å². The highest BCUT2D eigenvalue weighted by Crippen LogP contribution is 2.29. The first kappa shape index (κ1) is 34.0. The third kappa shape index (κ3) is 8.99. The van der Waals surface area contributed by atoms with Gasteiger partial charge < -0.3 is 30.3 Å². The molecule has 0 aliphatic carbocycles. The van der Waals surface area contributed by atoms with Crippen molar-refractivity contribution < 1.29 is 29.0 Å². The molecule has 4 amide bonds. The van der Waals surface area contributed by atoms with E-state index < -0.39 is 47.1 Å². The van der Waals surface area contributed by atoms with Gasteiger partial charge in [0.1, 0.15) is 24.2 Å². The molecule has 0 saturated carbocycles. The van der Waals surface area contributed by atoms with Gasteiger partial charge in [-0.2, -0.15) is 0 Å². The molecule has 0 radical (unpaired) electrons. The van der Waals surface area contributed by atoms with E-state index in [0.717, 1.165) is 26.6 Å². The number of carbonyl (C=O) groups is 4. The van der Waals surface area contributed by atoms with Gasteiger partial charge in [0.05, 0.1) is 28.2 Å². The molecule has 1 aromatic carbocycles. The third-order valence-corrected chi connectivity index (χ3v) is 8.12. The van der Waals surface area contributed by atoms with E-state index in [1.165, 1.54) is 11.9 Å². The number of aromatic nitrogens is 1. The number of hydrogen-bond donors (Lipinski definition) is 3. The predicted octanol–water partition coefficient (Wildman–Crippen LogP) is 3.66. The molecule has 236 valence electrons. The smallest absolute Gasteiger partial charge is 0.410 e. The average Bonchev–Trinajstić information content (AvgIpc) is 3.50. The number of nitrogens with zero attached hydrogens (tertiary/aromatic N) is 3. The number of ether oxygens (including phenoxy) is 1. The molecule has 1 saturated heterocycles. The van der Waals surface area contributed by atoms with E-state index in [1.807, 2.05) is 43.6 Å². The number of aryl methyl sites for hydroxylation is 1. The van der Waals surface area contributed by atoms with Gasteiger partial charge in [0, 0.05) is 20.0 Å². The number of benzene rings is 1. The molecule has 0 spiro atoms. The molecule has 43 heavy (non-hydrogen) atoms. The Morgan fingerprint density at radius 2 is 1.74 bits per heavy atom. The lowest BCUT2D eigenvalue weighted by atomic mass is 9.85. The van der Waals surface area contributed by atoms with Crippen molar-refractivity contribution in [2.45, 2.75) is 91.6 Å². The first-order valence-corrected chi connectivity index (χ1v) is 15.3. The SMILES string of the molecule is Cc1ncsc1-c1ccc([C@H](C)NC(=O)[C@@H]2C[C@@H](O)CN2C(=O)[C@@H](NC(=O)CN(C)C(=O)OC(C)(C)C)C(C)(C)C)cc1. The van der Waals surface area contributed by atoms with E-state index in [-0.39, 0.29) is 31.5 Å². The van der Waals surface area contributed by atoms with Crippen molar-refractivity contribution in [2.24, 2.45) is 5.41 Å². The van der Waals surface area contributed by atoms with Gasteiger partial charge in [0.2, 0.25) is 17.7 Å². The maximum atomic E-state index is 13.8. The van der Waals surface area contributed by atoms with Crippen LogP contribution >= 0.6 is 11.3 Å². The van der Waals surface area contributed by atoms with Crippen molar-refractivity contribution in [3.8, 4) is 10.4 Å². The number of hydrogen-bond acceptors (Lipinski definition) is 8. The van der Waals surface area contributed by atoms with E-state index in [2.05, 4.69) is 15.6 Å². The summed E-state index contributed by atoms with van der Waals surface area (Å²) in [6.45, 7) is 14.1. The first-order chi connectivity index (χ1) is 19.9. The summed E-state index contributed by atoms with van der Waals surface area (Å²) in [7, 11) is 1.44. The van der Waals surface area contributed by atoms with Crippen molar-refractivity contribution in [3.63, 3.8) is 0 Å². The summed E-state index contributed by atoms with van der Waals surface area (Å²) in [5, 5.41) is 16.2. The van der Waals surface area contributed by atoms with Crippen molar-refractivity contribution in [1.82, 2.24) is 25.4 Å². The Labute approximate surface area is 258 Å². The molecule has 1 aliphatic rings. The van der Waals surface area contributed by atoms with Crippen molar-refractivity contribution in [3.05, 3.63) is 41.0 Å². The van der Waals surface area contributed by atoms with Crippen LogP contribution in [0.5, 0.6) is 0 Å². The standard InChI is InChI=1S/C31H45N5O6S/c1-18(20-10-12-21(13-11-20)25-19(2)32-17-43-25)33-27(39)23-14-22(37)15-36(23)28(40)26(30(3,4)5)34-24(38)16-35(9)29(41)42-31(6,7)8/h10-13,17-18,22-23,26,37H,14-16H2,1-9H3,(H,33,39)(H,34,38)/t18-,22+,23-,26+/m0/s1. The Hall–Kier alpha value is -3.51. The second-order valence-corrected chi connectivity index (χ2v) is 14.1. The Balaban J connectivity index is 1.69. The van der Waals surface area contributed by atoms with Gasteiger partial charge in [0.15, 0.2) is 0 Å². The van der Waals surface area contributed by atoms with Gasteiger partial charge >= 0.3 is 6.09 Å². The van der Waals surface area contributed by atoms with Crippen molar-refractivity contribution >= 4 is 35.2 Å². The van der Waals surface area contributed by atoms with Gasteiger partial charge in [-0.25, -0.2) is 9.78 Å². The van der Waals surface area contributed by atoms with E-state index in [0.29, 0.717) is 0 Å². The van der Waals surface area contributed by atoms with E-state index >= 15 is 0 Å². The molecule has 1 fully saturated rings. The Kier molecular flexibility index (Phi) is 10.6. The highest BCUT2D eigenvalue weighted by Gasteiger charge is 2.44. The molecule has 12 heteroatoms. The number of thiazole rings is 1. The molecule has 3 N–H and O–H groups in total. The van der Waals surface area contributed by atoms with Crippen LogP contribution in [0.4, 0.5) is 4.79 Å². The number of carbonyl (C=O) groups excluding carboxylic acids is 4. The zero-order chi connectivity index (χ0) is 32.3. The average molecular weight is 616 g/mol. The number of likely N-dealkylation sites (tertiary alicyclic amines) is 1. The third-order valence-electron chi connectivity index (χ3n) is 7.15. The summed E-state index contributed by atoms with van der Waals surface area (Å²) in [6, 6.07) is 5.62. The fourth-order valence-electron chi connectivity index (χ4n) is 4.84. The summed E-state index contributed by atoms with van der Waals surface area (Å²) in [5.74, 6) is -1.41. The van der Waals surface area contributed by atoms with Gasteiger partial charge in [-0.3, -0.25) is 14.4 Å². The van der Waals surface area contributed by atoms with Crippen LogP contribution in [0.3, 0.4) is 0 Å². The fraction of sp³-hybridized carbons (Fsp3) is 0.581. The molecule has 3 rings (SSSR count). The minimum absolute atomic E-state index is 0.0333. The Morgan fingerprint density at radius 3 is 2.28 bits per heavy atom. The van der Waals surface area contributed by atoms with Crippen LogP contribution < -0.4 is 10.6 Å². The number of likely N-dealkylation sites (N-methyl/N-ethyl adjacent to an activating group) is 1. The summed E-state index contributed by atoms with van der Waals surface area (Å²) in [5.41, 5.74) is 3.26. The maximum Gasteiger partial charge on any atom is 0.410 e. The largest absolute Gasteiger partial charge is 0.444 e. The lowest BCUT2D eigenvalue weighted by molar-refractivity contribution is -0.144. The van der Waals surface area contributed by atoms with E-state index in [4.69, 9.17) is 4.74 Å². The number of β-amino-alcohol motifs (C(OH)–C–C–N with tert-alkyl or cyclic N) is 1. The molecular formula is C31H45N5O6S. The molecule has 0 bridgehead atoms. The molecule has 2 heterocycles. The van der Waals surface area contributed by atoms with Gasteiger partial charge in [-0.05, 0) is 51.2 Å². The lowest BCUT2D eigenvalue weighted by Crippen LogP contribution is -2.58. The molecule has 1 aliphatic heterocycles. The number of rotatable bonds is 8. The highest BCUT2D eigenvalue weighted by atomic mass is 32.1. The van der Waals surface area contributed by atoms with Crippen LogP contribution in [0.2, 0.25) is 0 Å². The van der Waals surface area contributed by atoms with Crippen LogP contribution in [-0.4, -0.2) is 87.6 Å². The number of aliphatic hydroxyl groups excluding tert-OH is 1. The predicted molar refractivity (Wildman–Crippen MR) is 165 cm³/mol. The van der Waals surface area contributed by atoms with Crippen molar-refractivity contribution in [2.75, 3.05) is 20.1 Å². The molecule has 11 nitrogen and oxygen atoms in total. The maximum absolute atomic E-state index is 13.8. The fourth-order valence-corrected chi connectivity index (χ4v) is 5.65. The summed E-state index contributed by atoms with van der Waals surface area (Å²) in [4.78, 5) is 60.4. The van der Waals surface area contributed by atoms with Crippen LogP contribution in [0.25, 0.3) is 10.4 Å². The monoisotopic (exact) mass is 615 g/mol.